The van der Waals surface area contributed by atoms with Gasteiger partial charge in [0.1, 0.15) is 12.1 Å². The Kier molecular flexibility index (Phi) is 4.05. The number of carboxylic acid groups (broad SMARTS) is 1. The minimum atomic E-state index is -1.00. The Labute approximate surface area is 87.8 Å². The zero-order valence-electron chi connectivity index (χ0n) is 8.60. The average Bonchev–Trinajstić information content (AvgIpc) is 2.97. The second kappa shape index (κ2) is 5.09. The van der Waals surface area contributed by atoms with Crippen LogP contribution in [0.3, 0.4) is 0 Å². The standard InChI is InChI=1S/C9H16N2O4/c1-15-4-6(10)8(12)11-7(9(13)14)5-2-3-5/h5-7H,2-4,10H2,1H3,(H,11,12)(H,13,14). The van der Waals surface area contributed by atoms with Gasteiger partial charge in [-0.3, -0.25) is 4.79 Å². The predicted molar refractivity (Wildman–Crippen MR) is 52.1 cm³/mol. The number of carbonyl (C=O) groups excluding carboxylic acids is 1. The molecule has 1 fully saturated rings. The maximum absolute atomic E-state index is 11.4. The molecule has 0 saturated heterocycles. The van der Waals surface area contributed by atoms with E-state index in [0.717, 1.165) is 12.8 Å². The van der Waals surface area contributed by atoms with E-state index in [2.05, 4.69) is 5.32 Å². The lowest BCUT2D eigenvalue weighted by Gasteiger charge is -2.16. The zero-order chi connectivity index (χ0) is 11.4. The summed E-state index contributed by atoms with van der Waals surface area (Å²) in [5.41, 5.74) is 5.47. The van der Waals surface area contributed by atoms with Crippen LogP contribution in [0.1, 0.15) is 12.8 Å². The molecule has 0 radical (unpaired) electrons. The molecule has 1 aliphatic rings. The third-order valence-corrected chi connectivity index (χ3v) is 2.34. The fourth-order valence-electron chi connectivity index (χ4n) is 1.33. The van der Waals surface area contributed by atoms with Crippen molar-refractivity contribution in [1.29, 1.82) is 0 Å². The molecule has 1 aliphatic carbocycles. The Morgan fingerprint density at radius 2 is 2.20 bits per heavy atom. The van der Waals surface area contributed by atoms with Crippen LogP contribution in [0.15, 0.2) is 0 Å². The van der Waals surface area contributed by atoms with E-state index in [1.165, 1.54) is 7.11 Å². The highest BCUT2D eigenvalue weighted by atomic mass is 16.5. The van der Waals surface area contributed by atoms with Crippen LogP contribution < -0.4 is 11.1 Å². The molecule has 0 spiro atoms. The van der Waals surface area contributed by atoms with Gasteiger partial charge in [0.15, 0.2) is 0 Å². The van der Waals surface area contributed by atoms with E-state index in [-0.39, 0.29) is 12.5 Å². The van der Waals surface area contributed by atoms with Gasteiger partial charge in [0.2, 0.25) is 5.91 Å². The molecule has 1 rings (SSSR count). The van der Waals surface area contributed by atoms with Gasteiger partial charge in [0, 0.05) is 7.11 Å². The summed E-state index contributed by atoms with van der Waals surface area (Å²) in [5.74, 6) is -1.42. The third kappa shape index (κ3) is 3.49. The zero-order valence-corrected chi connectivity index (χ0v) is 8.60. The molecule has 0 aliphatic heterocycles. The summed E-state index contributed by atoms with van der Waals surface area (Å²) in [4.78, 5) is 22.2. The molecule has 15 heavy (non-hydrogen) atoms. The van der Waals surface area contributed by atoms with E-state index < -0.39 is 24.0 Å². The van der Waals surface area contributed by atoms with E-state index in [1.807, 2.05) is 0 Å². The van der Waals surface area contributed by atoms with Gasteiger partial charge in [-0.05, 0) is 18.8 Å². The maximum atomic E-state index is 11.4. The number of aliphatic carboxylic acids is 1. The van der Waals surface area contributed by atoms with Crippen molar-refractivity contribution in [3.63, 3.8) is 0 Å². The summed E-state index contributed by atoms with van der Waals surface area (Å²) in [5, 5.41) is 11.3. The van der Waals surface area contributed by atoms with Gasteiger partial charge < -0.3 is 20.9 Å². The highest BCUT2D eigenvalue weighted by Gasteiger charge is 2.37. The van der Waals surface area contributed by atoms with E-state index in [4.69, 9.17) is 15.6 Å². The van der Waals surface area contributed by atoms with Crippen molar-refractivity contribution in [3.05, 3.63) is 0 Å². The number of hydrogen-bond acceptors (Lipinski definition) is 4. The molecule has 86 valence electrons. The van der Waals surface area contributed by atoms with Crippen molar-refractivity contribution in [3.8, 4) is 0 Å². The second-order valence-electron chi connectivity index (χ2n) is 3.72. The van der Waals surface area contributed by atoms with Crippen LogP contribution in [0.5, 0.6) is 0 Å². The molecule has 0 heterocycles. The van der Waals surface area contributed by atoms with Gasteiger partial charge >= 0.3 is 5.97 Å². The predicted octanol–water partition coefficient (Wildman–Crippen LogP) is -1.06. The first kappa shape index (κ1) is 11.9. The normalized spacial score (nSPS) is 19.3. The van der Waals surface area contributed by atoms with Crippen molar-refractivity contribution in [1.82, 2.24) is 5.32 Å². The topological polar surface area (TPSA) is 102 Å². The largest absolute Gasteiger partial charge is 0.480 e. The van der Waals surface area contributed by atoms with Crippen molar-refractivity contribution < 1.29 is 19.4 Å². The molecule has 0 aromatic rings. The maximum Gasteiger partial charge on any atom is 0.326 e. The van der Waals surface area contributed by atoms with E-state index >= 15 is 0 Å². The molecule has 4 N–H and O–H groups in total. The van der Waals surface area contributed by atoms with Gasteiger partial charge in [-0.25, -0.2) is 4.79 Å². The summed E-state index contributed by atoms with van der Waals surface area (Å²) in [6, 6.07) is -1.61. The molecule has 6 heteroatoms. The Morgan fingerprint density at radius 3 is 2.60 bits per heavy atom. The smallest absolute Gasteiger partial charge is 0.326 e. The van der Waals surface area contributed by atoms with Crippen molar-refractivity contribution in [2.45, 2.75) is 24.9 Å². The minimum absolute atomic E-state index is 0.0567. The summed E-state index contributed by atoms with van der Waals surface area (Å²) < 4.78 is 4.71. The van der Waals surface area contributed by atoms with Crippen molar-refractivity contribution in [2.24, 2.45) is 11.7 Å². The first-order valence-electron chi connectivity index (χ1n) is 4.84. The number of carboxylic acids is 1. The number of methoxy groups -OCH3 is 1. The molecule has 2 atom stereocenters. The van der Waals surface area contributed by atoms with E-state index in [9.17, 15) is 9.59 Å². The fourth-order valence-corrected chi connectivity index (χ4v) is 1.33. The molecular formula is C9H16N2O4. The number of nitrogens with two attached hydrogens (primary N) is 1. The third-order valence-electron chi connectivity index (χ3n) is 2.34. The van der Waals surface area contributed by atoms with Gasteiger partial charge in [0.25, 0.3) is 0 Å². The number of carbonyl (C=O) groups is 2. The lowest BCUT2D eigenvalue weighted by Crippen LogP contribution is -2.50. The molecule has 0 bridgehead atoms. The first-order valence-corrected chi connectivity index (χ1v) is 4.84. The Morgan fingerprint density at radius 1 is 1.60 bits per heavy atom. The Balaban J connectivity index is 2.43. The summed E-state index contributed by atoms with van der Waals surface area (Å²) in [7, 11) is 1.43. The molecule has 2 unspecified atom stereocenters. The SMILES string of the molecule is COCC(N)C(=O)NC(C(=O)O)C1CC1. The molecule has 0 aromatic carbocycles. The van der Waals surface area contributed by atoms with Crippen LogP contribution in [0.4, 0.5) is 0 Å². The summed E-state index contributed by atoms with van der Waals surface area (Å²) in [6.45, 7) is 0.0861. The fraction of sp³-hybridized carbons (Fsp3) is 0.778. The highest BCUT2D eigenvalue weighted by molar-refractivity contribution is 5.87. The van der Waals surface area contributed by atoms with Crippen molar-refractivity contribution >= 4 is 11.9 Å². The lowest BCUT2D eigenvalue weighted by atomic mass is 10.1. The van der Waals surface area contributed by atoms with Crippen LogP contribution in [-0.2, 0) is 14.3 Å². The van der Waals surface area contributed by atoms with Crippen LogP contribution in [0.2, 0.25) is 0 Å². The minimum Gasteiger partial charge on any atom is -0.480 e. The molecule has 1 saturated carbocycles. The van der Waals surface area contributed by atoms with Crippen LogP contribution in [0, 0.1) is 5.92 Å². The van der Waals surface area contributed by atoms with E-state index in [0.29, 0.717) is 0 Å². The number of rotatable bonds is 6. The van der Waals surface area contributed by atoms with Gasteiger partial charge in [-0.15, -0.1) is 0 Å². The summed E-state index contributed by atoms with van der Waals surface area (Å²) in [6.07, 6.45) is 1.69. The van der Waals surface area contributed by atoms with Crippen LogP contribution in [0.25, 0.3) is 0 Å². The molecular weight excluding hydrogens is 200 g/mol. The molecule has 0 aromatic heterocycles. The number of hydrogen-bond donors (Lipinski definition) is 3. The number of nitrogens with one attached hydrogen (secondary N) is 1. The Hall–Kier alpha value is -1.14. The average molecular weight is 216 g/mol. The first-order chi connectivity index (χ1) is 7.06. The van der Waals surface area contributed by atoms with Crippen LogP contribution in [-0.4, -0.2) is 42.8 Å². The lowest BCUT2D eigenvalue weighted by molar-refractivity contribution is -0.142. The van der Waals surface area contributed by atoms with Crippen molar-refractivity contribution in [2.75, 3.05) is 13.7 Å². The van der Waals surface area contributed by atoms with Gasteiger partial charge in [-0.2, -0.15) is 0 Å². The molecule has 6 nitrogen and oxygen atoms in total. The number of ether oxygens (including phenoxy) is 1. The summed E-state index contributed by atoms with van der Waals surface area (Å²) >= 11 is 0. The van der Waals surface area contributed by atoms with Gasteiger partial charge in [-0.1, -0.05) is 0 Å². The quantitative estimate of drug-likeness (QED) is 0.525. The van der Waals surface area contributed by atoms with E-state index in [1.54, 1.807) is 0 Å². The number of amides is 1. The highest BCUT2D eigenvalue weighted by Crippen LogP contribution is 2.32. The second-order valence-corrected chi connectivity index (χ2v) is 3.72. The van der Waals surface area contributed by atoms with Crippen LogP contribution >= 0.6 is 0 Å². The van der Waals surface area contributed by atoms with Gasteiger partial charge in [0.05, 0.1) is 6.61 Å². The Bertz CT molecular complexity index is 252. The monoisotopic (exact) mass is 216 g/mol. The molecule has 1 amide bonds.